The third kappa shape index (κ3) is 11.0. The zero-order valence-electron chi connectivity index (χ0n) is 30.7. The average molecular weight is 886 g/mol. The van der Waals surface area contributed by atoms with Crippen molar-refractivity contribution in [2.75, 3.05) is 58.6 Å². The fourth-order valence-corrected chi connectivity index (χ4v) is 12.6. The maximum absolute atomic E-state index is 12.1. The minimum absolute atomic E-state index is 0.116. The van der Waals surface area contributed by atoms with E-state index in [1.54, 1.807) is 41.5 Å². The van der Waals surface area contributed by atoms with Crippen LogP contribution < -0.4 is 5.73 Å². The van der Waals surface area contributed by atoms with Gasteiger partial charge < -0.3 is 62.4 Å². The second-order valence-corrected chi connectivity index (χ2v) is 20.1. The summed E-state index contributed by atoms with van der Waals surface area (Å²) in [5.74, 6) is 0.116. The van der Waals surface area contributed by atoms with Gasteiger partial charge >= 0.3 is 20.2 Å². The maximum atomic E-state index is 12.1. The molecule has 2 saturated heterocycles. The van der Waals surface area contributed by atoms with Crippen molar-refractivity contribution < 1.29 is 70.2 Å². The van der Waals surface area contributed by atoms with Crippen LogP contribution in [0, 0.1) is 0 Å². The molecule has 0 aliphatic carbocycles. The Hall–Kier alpha value is -0.300. The first-order chi connectivity index (χ1) is 25.8. The molecule has 310 valence electrons. The fourth-order valence-electron chi connectivity index (χ4n) is 5.66. The Morgan fingerprint density at radius 2 is 1.15 bits per heavy atom. The van der Waals surface area contributed by atoms with Gasteiger partial charge in [0.05, 0.1) is 59.2 Å². The molecule has 0 radical (unpaired) electrons. The summed E-state index contributed by atoms with van der Waals surface area (Å²) in [7, 11) is 0. The van der Waals surface area contributed by atoms with Gasteiger partial charge in [-0.1, -0.05) is 0 Å². The zero-order chi connectivity index (χ0) is 39.7. The molecule has 0 bridgehead atoms. The standard InChI is InChI=1S/C28H50N5O15P3S3/c1-7-37-49(52,38-8-2)46-22-18(14-35)44-28(20(36)23(22)47-50(53,39-9-3)40-10-4)45-21-17(13-34)43-27(24(21)48-51(54,41-11-5)42-12-6)33-16-32-19-25(29)30-15-31-26(19)33/h15-18,20-24,27-28,34-36H,7-14H2,1-6H3,(H2,29,30,31)/t17-,18-,20-,21?,22-,23-,24-,27-,28-/m1/s1. The third-order valence-corrected chi connectivity index (χ3v) is 15.3. The highest BCUT2D eigenvalue weighted by Crippen LogP contribution is 2.58. The summed E-state index contributed by atoms with van der Waals surface area (Å²) < 4.78 is 73.9. The smallest absolute Gasteiger partial charge is 0.327 e. The van der Waals surface area contributed by atoms with Crippen molar-refractivity contribution in [3.63, 3.8) is 0 Å². The molecule has 1 unspecified atom stereocenters. The van der Waals surface area contributed by atoms with Gasteiger partial charge in [-0.25, -0.2) is 15.0 Å². The van der Waals surface area contributed by atoms with Crippen molar-refractivity contribution in [3.05, 3.63) is 12.7 Å². The summed E-state index contributed by atoms with van der Waals surface area (Å²) in [6.45, 7) is -0.790. The average Bonchev–Trinajstić information content (AvgIpc) is 3.69. The largest absolute Gasteiger partial charge is 0.394 e. The molecule has 9 atom stereocenters. The van der Waals surface area contributed by atoms with E-state index in [0.717, 1.165) is 0 Å². The van der Waals surface area contributed by atoms with E-state index in [-0.39, 0.29) is 56.6 Å². The van der Waals surface area contributed by atoms with Gasteiger partial charge in [0.2, 0.25) is 0 Å². The van der Waals surface area contributed by atoms with Gasteiger partial charge in [0, 0.05) is 0 Å². The first-order valence-electron chi connectivity index (χ1n) is 17.3. The highest BCUT2D eigenvalue weighted by atomic mass is 32.5. The van der Waals surface area contributed by atoms with Crippen molar-refractivity contribution in [1.82, 2.24) is 19.5 Å². The summed E-state index contributed by atoms with van der Waals surface area (Å²) in [6, 6.07) is 0. The number of nitrogens with zero attached hydrogens (tertiary/aromatic N) is 4. The molecule has 4 heterocycles. The molecule has 4 rings (SSSR count). The van der Waals surface area contributed by atoms with E-state index in [9.17, 15) is 15.3 Å². The molecule has 20 nitrogen and oxygen atoms in total. The van der Waals surface area contributed by atoms with E-state index in [1.165, 1.54) is 17.2 Å². The van der Waals surface area contributed by atoms with Gasteiger partial charge in [-0.15, -0.1) is 0 Å². The lowest BCUT2D eigenvalue weighted by molar-refractivity contribution is -0.312. The Bertz CT molecular complexity index is 1610. The third-order valence-electron chi connectivity index (χ3n) is 7.69. The van der Waals surface area contributed by atoms with E-state index in [4.69, 9.17) is 96.1 Å². The maximum Gasteiger partial charge on any atom is 0.327 e. The SMILES string of the molecule is CCOP(=S)(OCC)O[C@@H]1[C@@H](O)[C@@H](OC2[C@@H](OP(=S)(OCC)OCC)[C@H](n3cnc4c(N)ncnc43)O[C@@H]2CO)O[C@H](CO)[C@H]1OP(=S)(OCC)OCC. The molecule has 2 fully saturated rings. The Kier molecular flexibility index (Phi) is 18.1. The molecule has 26 heteroatoms. The van der Waals surface area contributed by atoms with Gasteiger partial charge in [-0.2, -0.15) is 0 Å². The lowest BCUT2D eigenvalue weighted by Gasteiger charge is -2.46. The Labute approximate surface area is 329 Å². The van der Waals surface area contributed by atoms with E-state index < -0.39 is 88.6 Å². The van der Waals surface area contributed by atoms with Crippen molar-refractivity contribution in [2.45, 2.75) is 96.8 Å². The number of aliphatic hydroxyl groups excluding tert-OH is 3. The molecule has 2 aliphatic rings. The fraction of sp³-hybridized carbons (Fsp3) is 0.821. The molecular formula is C28H50N5O15P3S3. The topological polar surface area (TPSA) is 241 Å². The Morgan fingerprint density at radius 1 is 0.685 bits per heavy atom. The highest BCUT2D eigenvalue weighted by Gasteiger charge is 2.56. The van der Waals surface area contributed by atoms with Gasteiger partial charge in [0.25, 0.3) is 0 Å². The normalized spacial score (nSPS) is 28.3. The van der Waals surface area contributed by atoms with E-state index in [0.29, 0.717) is 0 Å². The van der Waals surface area contributed by atoms with Crippen LogP contribution in [0.1, 0.15) is 47.8 Å². The number of anilines is 1. The van der Waals surface area contributed by atoms with Crippen LogP contribution in [0.25, 0.3) is 11.2 Å². The highest BCUT2D eigenvalue weighted by molar-refractivity contribution is 8.08. The summed E-state index contributed by atoms with van der Waals surface area (Å²) >= 11 is 17.1. The van der Waals surface area contributed by atoms with Gasteiger partial charge in [0.1, 0.15) is 54.6 Å². The van der Waals surface area contributed by atoms with Crippen LogP contribution in [0.2, 0.25) is 0 Å². The number of imidazole rings is 1. The first-order valence-corrected chi connectivity index (χ1v) is 25.0. The number of ether oxygens (including phenoxy) is 3. The van der Waals surface area contributed by atoms with Crippen LogP contribution in [0.3, 0.4) is 0 Å². The van der Waals surface area contributed by atoms with Gasteiger partial charge in [0.15, 0.2) is 24.0 Å². The quantitative estimate of drug-likeness (QED) is 0.117. The number of fused-ring (bicyclic) bond motifs is 1. The number of rotatable bonds is 23. The van der Waals surface area contributed by atoms with E-state index >= 15 is 0 Å². The predicted molar refractivity (Wildman–Crippen MR) is 205 cm³/mol. The number of hydrogen-bond donors (Lipinski definition) is 4. The minimum Gasteiger partial charge on any atom is -0.394 e. The second-order valence-electron chi connectivity index (χ2n) is 11.2. The Balaban J connectivity index is 1.79. The van der Waals surface area contributed by atoms with Crippen molar-refractivity contribution in [1.29, 1.82) is 0 Å². The molecule has 2 aromatic heterocycles. The molecule has 0 spiro atoms. The molecule has 5 N–H and O–H groups in total. The zero-order valence-corrected chi connectivity index (χ0v) is 35.8. The molecule has 54 heavy (non-hydrogen) atoms. The number of aromatic nitrogens is 4. The monoisotopic (exact) mass is 885 g/mol. The van der Waals surface area contributed by atoms with E-state index in [2.05, 4.69) is 15.0 Å². The summed E-state index contributed by atoms with van der Waals surface area (Å²) in [5.41, 5.74) is 6.62. The number of hydrogen-bond acceptors (Lipinski definition) is 22. The molecular weight excluding hydrogens is 835 g/mol. The van der Waals surface area contributed by atoms with Gasteiger partial charge in [-0.05, 0) is 77.0 Å². The molecule has 0 saturated carbocycles. The van der Waals surface area contributed by atoms with Crippen molar-refractivity contribution in [3.8, 4) is 0 Å². The van der Waals surface area contributed by atoms with Crippen LogP contribution in [0.15, 0.2) is 12.7 Å². The van der Waals surface area contributed by atoms with Crippen molar-refractivity contribution in [2.24, 2.45) is 0 Å². The van der Waals surface area contributed by atoms with Crippen LogP contribution in [0.4, 0.5) is 5.82 Å². The number of nitrogens with two attached hydrogens (primary N) is 1. The van der Waals surface area contributed by atoms with Crippen molar-refractivity contribution >= 4 is 72.6 Å². The first kappa shape index (κ1) is 46.4. The van der Waals surface area contributed by atoms with Crippen LogP contribution >= 0.6 is 20.2 Å². The number of aliphatic hydroxyl groups is 3. The predicted octanol–water partition coefficient (Wildman–Crippen LogP) is 2.81. The lowest BCUT2D eigenvalue weighted by Crippen LogP contribution is -2.61. The molecule has 2 aromatic rings. The molecule has 0 amide bonds. The molecule has 2 aliphatic heterocycles. The summed E-state index contributed by atoms with van der Waals surface area (Å²) in [6.07, 6.45) is -9.54. The van der Waals surface area contributed by atoms with Crippen LogP contribution in [-0.2, 0) is 90.3 Å². The number of nitrogen functional groups attached to an aromatic ring is 1. The summed E-state index contributed by atoms with van der Waals surface area (Å²) in [4.78, 5) is 12.7. The van der Waals surface area contributed by atoms with E-state index in [1.807, 2.05) is 0 Å². The van der Waals surface area contributed by atoms with Gasteiger partial charge in [-0.3, -0.25) is 18.1 Å². The van der Waals surface area contributed by atoms with Crippen LogP contribution in [0.5, 0.6) is 0 Å². The second kappa shape index (κ2) is 21.1. The summed E-state index contributed by atoms with van der Waals surface area (Å²) in [5, 5.41) is 33.4. The Morgan fingerprint density at radius 3 is 1.63 bits per heavy atom. The lowest BCUT2D eigenvalue weighted by atomic mass is 9.99. The minimum atomic E-state index is -3.57. The van der Waals surface area contributed by atoms with Crippen LogP contribution in [-0.4, -0.2) is 137 Å². The molecule has 0 aromatic carbocycles.